The second kappa shape index (κ2) is 8.13. The number of carbonyl (C=O) groups excluding carboxylic acids is 1. The molecular formula is C25H26N2O6. The van der Waals surface area contributed by atoms with Crippen LogP contribution in [0.5, 0.6) is 23.0 Å². The Bertz CT molecular complexity index is 1290. The fourth-order valence-electron chi connectivity index (χ4n) is 4.75. The maximum Gasteiger partial charge on any atom is 0.235 e. The van der Waals surface area contributed by atoms with E-state index in [0.29, 0.717) is 12.3 Å². The van der Waals surface area contributed by atoms with Crippen molar-refractivity contribution in [3.8, 4) is 23.0 Å². The minimum Gasteiger partial charge on any atom is -0.508 e. The van der Waals surface area contributed by atoms with Crippen molar-refractivity contribution in [2.75, 3.05) is 26.7 Å². The van der Waals surface area contributed by atoms with Gasteiger partial charge in [0.15, 0.2) is 5.76 Å². The first-order chi connectivity index (χ1) is 15.9. The molecule has 8 nitrogen and oxygen atoms in total. The average molecular weight is 450 g/mol. The van der Waals surface area contributed by atoms with E-state index >= 15 is 0 Å². The predicted octanol–water partition coefficient (Wildman–Crippen LogP) is 3.05. The maximum absolute atomic E-state index is 12.9. The number of β-amino-alcohol motifs (C(OH)–C–C–N with tert-alkyl or cyclic N) is 1. The van der Waals surface area contributed by atoms with E-state index in [1.807, 2.05) is 25.1 Å². The van der Waals surface area contributed by atoms with Gasteiger partial charge in [0.25, 0.3) is 0 Å². The summed E-state index contributed by atoms with van der Waals surface area (Å²) in [4.78, 5) is 15.2. The minimum atomic E-state index is -0.434. The van der Waals surface area contributed by atoms with Crippen LogP contribution in [0.2, 0.25) is 0 Å². The van der Waals surface area contributed by atoms with Crippen LogP contribution < -0.4 is 9.47 Å². The highest BCUT2D eigenvalue weighted by atomic mass is 16.5. The van der Waals surface area contributed by atoms with E-state index in [1.165, 1.54) is 6.07 Å². The summed E-state index contributed by atoms with van der Waals surface area (Å²) >= 11 is 0. The Labute approximate surface area is 190 Å². The van der Waals surface area contributed by atoms with E-state index in [9.17, 15) is 20.1 Å². The smallest absolute Gasteiger partial charge is 0.235 e. The Kier molecular flexibility index (Phi) is 5.26. The number of Topliss-reactive ketones (excluding diaryl/α,β-unsaturated/α-hetero) is 1. The van der Waals surface area contributed by atoms with Crippen LogP contribution >= 0.6 is 0 Å². The zero-order valence-electron chi connectivity index (χ0n) is 18.5. The number of ether oxygens (including phenoxy) is 2. The number of rotatable bonds is 5. The van der Waals surface area contributed by atoms with E-state index in [0.717, 1.165) is 54.3 Å². The molecule has 3 heterocycles. The van der Waals surface area contributed by atoms with Crippen LogP contribution in [0.4, 0.5) is 0 Å². The van der Waals surface area contributed by atoms with Crippen LogP contribution in [0.3, 0.4) is 0 Å². The van der Waals surface area contributed by atoms with Gasteiger partial charge in [0.2, 0.25) is 5.78 Å². The second-order valence-corrected chi connectivity index (χ2v) is 8.55. The van der Waals surface area contributed by atoms with E-state index < -0.39 is 5.78 Å². The molecule has 5 rings (SSSR count). The summed E-state index contributed by atoms with van der Waals surface area (Å²) in [5.74, 6) is -0.00560. The van der Waals surface area contributed by atoms with Gasteiger partial charge in [0.05, 0.1) is 13.2 Å². The number of nitrogens with zero attached hydrogens (tertiary/aromatic N) is 2. The molecule has 2 aromatic carbocycles. The number of phenolic OH excluding ortho intramolecular Hbond substituents is 2. The molecule has 0 radical (unpaired) electrons. The molecule has 0 saturated carbocycles. The Balaban J connectivity index is 1.55. The lowest BCUT2D eigenvalue weighted by Gasteiger charge is -2.17. The van der Waals surface area contributed by atoms with Gasteiger partial charge in [-0.2, -0.15) is 0 Å². The minimum absolute atomic E-state index is 0.0469. The molecule has 33 heavy (non-hydrogen) atoms. The third-order valence-electron chi connectivity index (χ3n) is 6.48. The second-order valence-electron chi connectivity index (χ2n) is 8.55. The zero-order chi connectivity index (χ0) is 23.3. The molecule has 3 aromatic rings. The molecule has 0 amide bonds. The first-order valence-corrected chi connectivity index (χ1v) is 10.9. The van der Waals surface area contributed by atoms with Crippen molar-refractivity contribution in [3.63, 3.8) is 0 Å². The number of aromatic hydroxyl groups is 2. The summed E-state index contributed by atoms with van der Waals surface area (Å²) in [5.41, 5.74) is 2.84. The Morgan fingerprint density at radius 3 is 2.76 bits per heavy atom. The quantitative estimate of drug-likeness (QED) is 0.513. The highest BCUT2D eigenvalue weighted by molar-refractivity contribution is 6.17. The molecule has 2 aliphatic heterocycles. The van der Waals surface area contributed by atoms with E-state index in [4.69, 9.17) is 9.47 Å². The average Bonchev–Trinajstić information content (AvgIpc) is 3.41. The van der Waals surface area contributed by atoms with Crippen LogP contribution in [0.15, 0.2) is 36.1 Å². The standard InChI is InChI=1S/C25H26N2O6/c1-14-18(12-23-25(31)24-21(30)9-16(29)10-22(24)33-23)19-11-17(32-2)3-4-20(19)27(14)8-7-26-6-5-15(28)13-26/h3-4,9-12,15,28-30H,5-8,13H2,1-2H3. The number of fused-ring (bicyclic) bond motifs is 2. The molecular weight excluding hydrogens is 424 g/mol. The summed E-state index contributed by atoms with van der Waals surface area (Å²) < 4.78 is 13.3. The number of phenols is 2. The van der Waals surface area contributed by atoms with Gasteiger partial charge in [-0.1, -0.05) is 0 Å². The number of ketones is 1. The molecule has 0 spiro atoms. The Hall–Kier alpha value is -3.49. The first-order valence-electron chi connectivity index (χ1n) is 10.9. The predicted molar refractivity (Wildman–Crippen MR) is 123 cm³/mol. The van der Waals surface area contributed by atoms with Gasteiger partial charge in [-0.25, -0.2) is 0 Å². The van der Waals surface area contributed by atoms with Gasteiger partial charge in [-0.3, -0.25) is 9.69 Å². The topological polar surface area (TPSA) is 104 Å². The lowest BCUT2D eigenvalue weighted by molar-refractivity contribution is 0.101. The number of methoxy groups -OCH3 is 1. The van der Waals surface area contributed by atoms with Crippen LogP contribution in [-0.2, 0) is 6.54 Å². The zero-order valence-corrected chi connectivity index (χ0v) is 18.5. The van der Waals surface area contributed by atoms with Gasteiger partial charge in [-0.05, 0) is 37.6 Å². The lowest BCUT2D eigenvalue weighted by Crippen LogP contribution is -2.26. The molecule has 1 aromatic heterocycles. The van der Waals surface area contributed by atoms with Crippen LogP contribution in [0.25, 0.3) is 17.0 Å². The van der Waals surface area contributed by atoms with E-state index in [2.05, 4.69) is 9.47 Å². The van der Waals surface area contributed by atoms with Crippen LogP contribution in [0, 0.1) is 6.92 Å². The van der Waals surface area contributed by atoms with E-state index in [1.54, 1.807) is 13.2 Å². The van der Waals surface area contributed by atoms with Crippen molar-refractivity contribution in [1.29, 1.82) is 0 Å². The molecule has 172 valence electrons. The molecule has 1 unspecified atom stereocenters. The largest absolute Gasteiger partial charge is 0.508 e. The van der Waals surface area contributed by atoms with Gasteiger partial charge < -0.3 is 29.4 Å². The van der Waals surface area contributed by atoms with Crippen LogP contribution in [-0.4, -0.2) is 63.4 Å². The maximum atomic E-state index is 12.9. The van der Waals surface area contributed by atoms with Crippen molar-refractivity contribution in [2.24, 2.45) is 0 Å². The summed E-state index contributed by atoms with van der Waals surface area (Å²) in [6, 6.07) is 8.28. The number of carbonyl (C=O) groups is 1. The van der Waals surface area contributed by atoms with Crippen LogP contribution in [0.1, 0.15) is 28.0 Å². The molecule has 1 atom stereocenters. The highest BCUT2D eigenvalue weighted by Crippen LogP contribution is 2.41. The Morgan fingerprint density at radius 1 is 1.21 bits per heavy atom. The number of allylic oxidation sites excluding steroid dienone is 1. The molecule has 8 heteroatoms. The number of benzene rings is 2. The normalized spacial score (nSPS) is 19.4. The van der Waals surface area contributed by atoms with Gasteiger partial charge in [0.1, 0.15) is 28.6 Å². The molecule has 0 aliphatic carbocycles. The third-order valence-corrected chi connectivity index (χ3v) is 6.48. The monoisotopic (exact) mass is 450 g/mol. The SMILES string of the molecule is COc1ccc2c(c1)c(C=C1Oc3cc(O)cc(O)c3C1=O)c(C)n2CCN1CCC(O)C1. The molecule has 3 N–H and O–H groups in total. The summed E-state index contributed by atoms with van der Waals surface area (Å²) in [7, 11) is 1.61. The molecule has 1 fully saturated rings. The van der Waals surface area contributed by atoms with Gasteiger partial charge in [0, 0.05) is 60.5 Å². The highest BCUT2D eigenvalue weighted by Gasteiger charge is 2.32. The van der Waals surface area contributed by atoms with Gasteiger partial charge in [-0.15, -0.1) is 0 Å². The number of hydrogen-bond donors (Lipinski definition) is 3. The van der Waals surface area contributed by atoms with Crippen molar-refractivity contribution < 1.29 is 29.6 Å². The summed E-state index contributed by atoms with van der Waals surface area (Å²) in [6.45, 7) is 5.08. The summed E-state index contributed by atoms with van der Waals surface area (Å²) in [6.07, 6.45) is 2.22. The van der Waals surface area contributed by atoms with Crippen molar-refractivity contribution in [2.45, 2.75) is 26.0 Å². The number of aliphatic hydroxyl groups is 1. The first kappa shape index (κ1) is 21.4. The fraction of sp³-hybridized carbons (Fsp3) is 0.320. The van der Waals surface area contributed by atoms with E-state index in [-0.39, 0.29) is 34.7 Å². The van der Waals surface area contributed by atoms with Crippen molar-refractivity contribution in [3.05, 3.63) is 52.9 Å². The summed E-state index contributed by atoms with van der Waals surface area (Å²) in [5, 5.41) is 30.6. The fourth-order valence-corrected chi connectivity index (χ4v) is 4.75. The molecule has 1 saturated heterocycles. The van der Waals surface area contributed by atoms with Crippen molar-refractivity contribution in [1.82, 2.24) is 9.47 Å². The molecule has 2 aliphatic rings. The Morgan fingerprint density at radius 2 is 2.03 bits per heavy atom. The molecule has 0 bridgehead atoms. The number of hydrogen-bond acceptors (Lipinski definition) is 7. The van der Waals surface area contributed by atoms with Gasteiger partial charge >= 0.3 is 0 Å². The lowest BCUT2D eigenvalue weighted by atomic mass is 10.1. The number of aromatic nitrogens is 1. The number of aliphatic hydroxyl groups excluding tert-OH is 1. The number of likely N-dealkylation sites (tertiary alicyclic amines) is 1. The van der Waals surface area contributed by atoms with Crippen molar-refractivity contribution >= 4 is 22.8 Å². The third kappa shape index (κ3) is 3.71.